The number of nitrogens with zero attached hydrogens (tertiary/aromatic N) is 1. The van der Waals surface area contributed by atoms with Gasteiger partial charge in [0.05, 0.1) is 24.1 Å². The predicted molar refractivity (Wildman–Crippen MR) is 95.7 cm³/mol. The number of hydrogen-bond acceptors (Lipinski definition) is 5. The lowest BCUT2D eigenvalue weighted by molar-refractivity contribution is -0.384. The Labute approximate surface area is 146 Å². The zero-order chi connectivity index (χ0) is 18.4. The summed E-state index contributed by atoms with van der Waals surface area (Å²) in [4.78, 5) is 23.0. The SMILES string of the molecule is COc1ccc(NC(=O)[C@@H](C)N[C@@H](C)c2ccccc2)c([N+](=O)[O-])c1. The van der Waals surface area contributed by atoms with Crippen LogP contribution in [0.5, 0.6) is 5.75 Å². The Hall–Kier alpha value is -2.93. The van der Waals surface area contributed by atoms with Gasteiger partial charge in [0.2, 0.25) is 5.91 Å². The van der Waals surface area contributed by atoms with Crippen LogP contribution >= 0.6 is 0 Å². The van der Waals surface area contributed by atoms with Crippen LogP contribution in [0.4, 0.5) is 11.4 Å². The molecule has 0 radical (unpaired) electrons. The molecule has 25 heavy (non-hydrogen) atoms. The maximum Gasteiger partial charge on any atom is 0.296 e. The maximum absolute atomic E-state index is 12.4. The van der Waals surface area contributed by atoms with Crippen molar-refractivity contribution in [3.63, 3.8) is 0 Å². The number of carbonyl (C=O) groups is 1. The van der Waals surface area contributed by atoms with Crippen molar-refractivity contribution in [2.45, 2.75) is 25.9 Å². The lowest BCUT2D eigenvalue weighted by Crippen LogP contribution is -2.39. The fraction of sp³-hybridized carbons (Fsp3) is 0.278. The molecule has 2 aromatic carbocycles. The molecule has 0 spiro atoms. The molecular formula is C18H21N3O4. The molecular weight excluding hydrogens is 322 g/mol. The van der Waals surface area contributed by atoms with E-state index in [-0.39, 0.29) is 23.3 Å². The molecule has 0 bridgehead atoms. The average Bonchev–Trinajstić information content (AvgIpc) is 2.62. The van der Waals surface area contributed by atoms with E-state index in [0.29, 0.717) is 5.75 Å². The van der Waals surface area contributed by atoms with Crippen molar-refractivity contribution in [2.24, 2.45) is 0 Å². The lowest BCUT2D eigenvalue weighted by Gasteiger charge is -2.20. The Morgan fingerprint density at radius 2 is 1.84 bits per heavy atom. The normalized spacial score (nSPS) is 12.9. The molecule has 2 atom stereocenters. The van der Waals surface area contributed by atoms with Crippen molar-refractivity contribution in [3.8, 4) is 5.75 Å². The Morgan fingerprint density at radius 1 is 1.16 bits per heavy atom. The van der Waals surface area contributed by atoms with E-state index < -0.39 is 11.0 Å². The summed E-state index contributed by atoms with van der Waals surface area (Å²) in [5.74, 6) is 0.00428. The molecule has 0 heterocycles. The van der Waals surface area contributed by atoms with E-state index in [1.54, 1.807) is 13.0 Å². The van der Waals surface area contributed by atoms with Crippen molar-refractivity contribution in [2.75, 3.05) is 12.4 Å². The van der Waals surface area contributed by atoms with Crippen molar-refractivity contribution >= 4 is 17.3 Å². The zero-order valence-electron chi connectivity index (χ0n) is 14.4. The maximum atomic E-state index is 12.4. The number of anilines is 1. The van der Waals surface area contributed by atoms with Gasteiger partial charge in [0.15, 0.2) is 0 Å². The Morgan fingerprint density at radius 3 is 2.44 bits per heavy atom. The van der Waals surface area contributed by atoms with Gasteiger partial charge in [0.25, 0.3) is 5.69 Å². The van der Waals surface area contributed by atoms with Crippen LogP contribution in [0.2, 0.25) is 0 Å². The second kappa shape index (κ2) is 8.25. The fourth-order valence-electron chi connectivity index (χ4n) is 2.42. The van der Waals surface area contributed by atoms with E-state index in [4.69, 9.17) is 4.74 Å². The minimum atomic E-state index is -0.553. The van der Waals surface area contributed by atoms with E-state index in [1.165, 1.54) is 19.2 Å². The first-order chi connectivity index (χ1) is 11.9. The van der Waals surface area contributed by atoms with E-state index >= 15 is 0 Å². The van der Waals surface area contributed by atoms with Crippen molar-refractivity contribution < 1.29 is 14.5 Å². The molecule has 2 aromatic rings. The summed E-state index contributed by atoms with van der Waals surface area (Å²) in [5.41, 5.74) is 0.977. The fourth-order valence-corrected chi connectivity index (χ4v) is 2.42. The number of benzene rings is 2. The summed E-state index contributed by atoms with van der Waals surface area (Å²) in [7, 11) is 1.42. The van der Waals surface area contributed by atoms with E-state index in [0.717, 1.165) is 5.56 Å². The summed E-state index contributed by atoms with van der Waals surface area (Å²) in [5, 5.41) is 17.0. The number of rotatable bonds is 7. The molecule has 0 saturated carbocycles. The van der Waals surface area contributed by atoms with Crippen LogP contribution in [-0.2, 0) is 4.79 Å². The highest BCUT2D eigenvalue weighted by atomic mass is 16.6. The van der Waals surface area contributed by atoms with Crippen LogP contribution in [0, 0.1) is 10.1 Å². The summed E-state index contributed by atoms with van der Waals surface area (Å²) in [6.07, 6.45) is 0. The van der Waals surface area contributed by atoms with Crippen molar-refractivity contribution in [1.29, 1.82) is 0 Å². The van der Waals surface area contributed by atoms with Gasteiger partial charge in [-0.05, 0) is 31.5 Å². The standard InChI is InChI=1S/C18H21N3O4/c1-12(14-7-5-4-6-8-14)19-13(2)18(22)20-16-10-9-15(25-3)11-17(16)21(23)24/h4-13,19H,1-3H3,(H,20,22)/t12-,13+/m0/s1. The molecule has 7 heteroatoms. The second-order valence-electron chi connectivity index (χ2n) is 5.65. The van der Waals surface area contributed by atoms with Crippen molar-refractivity contribution in [3.05, 3.63) is 64.2 Å². The summed E-state index contributed by atoms with van der Waals surface area (Å²) < 4.78 is 4.98. The number of nitro groups is 1. The second-order valence-corrected chi connectivity index (χ2v) is 5.65. The Balaban J connectivity index is 2.07. The molecule has 0 aliphatic rings. The minimum Gasteiger partial charge on any atom is -0.496 e. The molecule has 132 valence electrons. The number of carbonyl (C=O) groups excluding carboxylic acids is 1. The molecule has 1 amide bonds. The Kier molecular flexibility index (Phi) is 6.08. The molecule has 2 N–H and O–H groups in total. The van der Waals surface area contributed by atoms with Gasteiger partial charge in [-0.2, -0.15) is 0 Å². The van der Waals surface area contributed by atoms with Gasteiger partial charge in [0.1, 0.15) is 11.4 Å². The van der Waals surface area contributed by atoms with Gasteiger partial charge in [0, 0.05) is 6.04 Å². The van der Waals surface area contributed by atoms with Gasteiger partial charge in [-0.3, -0.25) is 20.2 Å². The molecule has 2 rings (SSSR count). The molecule has 0 saturated heterocycles. The van der Waals surface area contributed by atoms with Gasteiger partial charge in [-0.1, -0.05) is 30.3 Å². The number of amides is 1. The summed E-state index contributed by atoms with van der Waals surface area (Å²) in [6.45, 7) is 3.67. The van der Waals surface area contributed by atoms with E-state index in [1.807, 2.05) is 37.3 Å². The zero-order valence-corrected chi connectivity index (χ0v) is 14.4. The van der Waals surface area contributed by atoms with Crippen LogP contribution < -0.4 is 15.4 Å². The van der Waals surface area contributed by atoms with Crippen LogP contribution in [0.1, 0.15) is 25.5 Å². The molecule has 0 fully saturated rings. The first-order valence-electron chi connectivity index (χ1n) is 7.86. The quantitative estimate of drug-likeness (QED) is 0.594. The van der Waals surface area contributed by atoms with E-state index in [9.17, 15) is 14.9 Å². The largest absolute Gasteiger partial charge is 0.496 e. The third-order valence-electron chi connectivity index (χ3n) is 3.85. The number of hydrogen-bond donors (Lipinski definition) is 2. The number of ether oxygens (including phenoxy) is 1. The van der Waals surface area contributed by atoms with Gasteiger partial charge < -0.3 is 10.1 Å². The smallest absolute Gasteiger partial charge is 0.296 e. The van der Waals surface area contributed by atoms with Crippen LogP contribution in [0.15, 0.2) is 48.5 Å². The van der Waals surface area contributed by atoms with Gasteiger partial charge >= 0.3 is 0 Å². The van der Waals surface area contributed by atoms with Crippen LogP contribution in [0.25, 0.3) is 0 Å². The Bertz CT molecular complexity index is 749. The van der Waals surface area contributed by atoms with Crippen LogP contribution in [-0.4, -0.2) is 24.0 Å². The monoisotopic (exact) mass is 343 g/mol. The first-order valence-corrected chi connectivity index (χ1v) is 7.86. The summed E-state index contributed by atoms with van der Waals surface area (Å²) >= 11 is 0. The minimum absolute atomic E-state index is 0.0344. The molecule has 7 nitrogen and oxygen atoms in total. The third-order valence-corrected chi connectivity index (χ3v) is 3.85. The highest BCUT2D eigenvalue weighted by Gasteiger charge is 2.21. The van der Waals surface area contributed by atoms with Gasteiger partial charge in [-0.15, -0.1) is 0 Å². The van der Waals surface area contributed by atoms with Gasteiger partial charge in [-0.25, -0.2) is 0 Å². The molecule has 0 aliphatic carbocycles. The summed E-state index contributed by atoms with van der Waals surface area (Å²) in [6, 6.07) is 13.5. The van der Waals surface area contributed by atoms with E-state index in [2.05, 4.69) is 10.6 Å². The predicted octanol–water partition coefficient (Wildman–Crippen LogP) is 3.28. The molecule has 0 aliphatic heterocycles. The highest BCUT2D eigenvalue weighted by Crippen LogP contribution is 2.29. The lowest BCUT2D eigenvalue weighted by atomic mass is 10.1. The average molecular weight is 343 g/mol. The third kappa shape index (κ3) is 4.77. The molecule has 0 unspecified atom stereocenters. The number of nitro benzene ring substituents is 1. The molecule has 0 aromatic heterocycles. The van der Waals surface area contributed by atoms with Crippen molar-refractivity contribution in [1.82, 2.24) is 5.32 Å². The topological polar surface area (TPSA) is 93.5 Å². The number of nitrogens with one attached hydrogen (secondary N) is 2. The first kappa shape index (κ1) is 18.4. The van der Waals surface area contributed by atoms with Crippen LogP contribution in [0.3, 0.4) is 0 Å². The highest BCUT2D eigenvalue weighted by molar-refractivity contribution is 5.96. The number of methoxy groups -OCH3 is 1.